The third-order valence-electron chi connectivity index (χ3n) is 6.49. The molecule has 0 bridgehead atoms. The van der Waals surface area contributed by atoms with E-state index in [0.29, 0.717) is 31.6 Å². The lowest BCUT2D eigenvalue weighted by molar-refractivity contribution is -0.192. The first-order valence-electron chi connectivity index (χ1n) is 13.1. The van der Waals surface area contributed by atoms with Gasteiger partial charge in [0.25, 0.3) is 0 Å². The van der Waals surface area contributed by atoms with Crippen molar-refractivity contribution in [3.8, 4) is 17.1 Å². The highest BCUT2D eigenvalue weighted by Gasteiger charge is 2.38. The van der Waals surface area contributed by atoms with E-state index in [2.05, 4.69) is 14.9 Å². The van der Waals surface area contributed by atoms with Crippen molar-refractivity contribution in [3.05, 3.63) is 76.4 Å². The van der Waals surface area contributed by atoms with Gasteiger partial charge in [0.2, 0.25) is 0 Å². The van der Waals surface area contributed by atoms with E-state index < -0.39 is 35.7 Å². The summed E-state index contributed by atoms with van der Waals surface area (Å²) >= 11 is 0. The third-order valence-corrected chi connectivity index (χ3v) is 6.49. The topological polar surface area (TPSA) is 113 Å². The number of aryl methyl sites for hydroxylation is 1. The van der Waals surface area contributed by atoms with Crippen LogP contribution in [-0.4, -0.2) is 56.3 Å². The number of ether oxygens (including phenoxy) is 1. The van der Waals surface area contributed by atoms with Gasteiger partial charge in [-0.25, -0.2) is 19.2 Å². The second-order valence-corrected chi connectivity index (χ2v) is 10.2. The number of hydrogen-bond acceptors (Lipinski definition) is 6. The predicted molar refractivity (Wildman–Crippen MR) is 142 cm³/mol. The number of hydrogen-bond donors (Lipinski definition) is 2. The van der Waals surface area contributed by atoms with E-state index in [1.807, 2.05) is 6.92 Å². The van der Waals surface area contributed by atoms with Gasteiger partial charge in [-0.15, -0.1) is 0 Å². The number of aliphatic carboxylic acids is 2. The van der Waals surface area contributed by atoms with Crippen LogP contribution < -0.4 is 4.74 Å². The summed E-state index contributed by atoms with van der Waals surface area (Å²) < 4.78 is 92.1. The van der Waals surface area contributed by atoms with Gasteiger partial charge in [0.15, 0.2) is 5.82 Å². The zero-order valence-corrected chi connectivity index (χ0v) is 23.5. The van der Waals surface area contributed by atoms with Gasteiger partial charge in [-0.3, -0.25) is 9.69 Å². The van der Waals surface area contributed by atoms with Gasteiger partial charge < -0.3 is 14.9 Å². The maximum absolute atomic E-state index is 14.9. The molecular formula is C29H28F7N3O5. The van der Waals surface area contributed by atoms with Gasteiger partial charge in [0, 0.05) is 55.9 Å². The molecule has 1 atom stereocenters. The summed E-state index contributed by atoms with van der Waals surface area (Å²) in [5.41, 5.74) is 1.74. The van der Waals surface area contributed by atoms with Crippen LogP contribution in [0.25, 0.3) is 11.4 Å². The summed E-state index contributed by atoms with van der Waals surface area (Å²) in [5.74, 6) is -3.89. The number of fused-ring (bicyclic) bond motifs is 1. The number of alkyl halides is 6. The number of benzene rings is 2. The molecule has 0 saturated carbocycles. The number of carbonyl (C=O) groups is 2. The van der Waals surface area contributed by atoms with Crippen LogP contribution in [0.4, 0.5) is 30.7 Å². The Morgan fingerprint density at radius 3 is 2.34 bits per heavy atom. The second-order valence-electron chi connectivity index (χ2n) is 10.2. The molecule has 0 spiro atoms. The molecule has 44 heavy (non-hydrogen) atoms. The van der Waals surface area contributed by atoms with Crippen molar-refractivity contribution < 1.29 is 55.3 Å². The molecule has 0 fully saturated rings. The Kier molecular flexibility index (Phi) is 10.9. The number of aromatic nitrogens is 2. The van der Waals surface area contributed by atoms with Crippen molar-refractivity contribution in [1.29, 1.82) is 0 Å². The number of nitrogens with zero attached hydrogens (tertiary/aromatic N) is 3. The molecule has 0 saturated heterocycles. The first-order valence-corrected chi connectivity index (χ1v) is 13.1. The van der Waals surface area contributed by atoms with Crippen molar-refractivity contribution >= 4 is 11.9 Å². The van der Waals surface area contributed by atoms with Crippen LogP contribution in [0.5, 0.6) is 5.75 Å². The van der Waals surface area contributed by atoms with Gasteiger partial charge in [-0.05, 0) is 31.0 Å². The van der Waals surface area contributed by atoms with E-state index in [4.69, 9.17) is 19.7 Å². The lowest BCUT2D eigenvalue weighted by Crippen LogP contribution is -2.35. The first kappa shape index (κ1) is 34.2. The fourth-order valence-electron chi connectivity index (χ4n) is 4.51. The minimum absolute atomic E-state index is 0.0139. The van der Waals surface area contributed by atoms with Gasteiger partial charge in [-0.1, -0.05) is 24.6 Å². The predicted octanol–water partition coefficient (Wildman–Crippen LogP) is 6.29. The summed E-state index contributed by atoms with van der Waals surface area (Å²) in [7, 11) is 0. The van der Waals surface area contributed by atoms with Crippen molar-refractivity contribution in [3.63, 3.8) is 0 Å². The van der Waals surface area contributed by atoms with Crippen LogP contribution in [0, 0.1) is 18.7 Å². The molecule has 3 aromatic rings. The van der Waals surface area contributed by atoms with Crippen molar-refractivity contribution in [2.24, 2.45) is 5.92 Å². The quantitative estimate of drug-likeness (QED) is 0.279. The highest BCUT2D eigenvalue weighted by molar-refractivity contribution is 5.73. The van der Waals surface area contributed by atoms with Crippen molar-refractivity contribution in [2.75, 3.05) is 13.1 Å². The Labute approximate surface area is 247 Å². The van der Waals surface area contributed by atoms with Gasteiger partial charge >= 0.3 is 24.3 Å². The molecule has 0 radical (unpaired) electrons. The first-order chi connectivity index (χ1) is 20.4. The van der Waals surface area contributed by atoms with Crippen LogP contribution >= 0.6 is 0 Å². The highest BCUT2D eigenvalue weighted by atomic mass is 19.4. The summed E-state index contributed by atoms with van der Waals surface area (Å²) in [4.78, 5) is 30.8. The summed E-state index contributed by atoms with van der Waals surface area (Å²) in [6.07, 6.45) is -7.21. The van der Waals surface area contributed by atoms with Crippen molar-refractivity contribution in [2.45, 2.75) is 52.2 Å². The molecule has 8 nitrogen and oxygen atoms in total. The van der Waals surface area contributed by atoms with Crippen molar-refractivity contribution in [1.82, 2.24) is 14.9 Å². The Bertz CT molecular complexity index is 1500. The van der Waals surface area contributed by atoms with Crippen LogP contribution in [0.1, 0.15) is 41.3 Å². The Balaban J connectivity index is 0.000000676. The minimum atomic E-state index is -5.08. The highest BCUT2D eigenvalue weighted by Crippen LogP contribution is 2.33. The van der Waals surface area contributed by atoms with E-state index >= 15 is 0 Å². The Morgan fingerprint density at radius 2 is 1.75 bits per heavy atom. The fraction of sp³-hybridized carbons (Fsp3) is 0.379. The zero-order chi connectivity index (χ0) is 32.8. The number of halogens is 7. The van der Waals surface area contributed by atoms with Crippen LogP contribution in [0.2, 0.25) is 0 Å². The van der Waals surface area contributed by atoms with Gasteiger partial charge in [0.1, 0.15) is 18.2 Å². The third kappa shape index (κ3) is 9.62. The molecule has 2 N–H and O–H groups in total. The second kappa shape index (κ2) is 14.0. The van der Waals surface area contributed by atoms with Gasteiger partial charge in [0.05, 0.1) is 16.8 Å². The fourth-order valence-corrected chi connectivity index (χ4v) is 4.51. The SMILES string of the molecule is Cc1ccc(C(F)(F)F)c(COc2ccc(-c3ncc4c(n3)CCN(CC(C)CC(=O)O)C4)c(F)c2)c1.O=C(O)C(F)(F)F. The molecule has 1 aliphatic heterocycles. The zero-order valence-electron chi connectivity index (χ0n) is 23.5. The Hall–Kier alpha value is -4.27. The molecule has 1 aromatic heterocycles. The van der Waals surface area contributed by atoms with E-state index in [1.165, 1.54) is 24.3 Å². The number of carboxylic acids is 2. The maximum atomic E-state index is 14.9. The lowest BCUT2D eigenvalue weighted by Gasteiger charge is -2.29. The molecule has 4 rings (SSSR count). The van der Waals surface area contributed by atoms with Crippen LogP contribution in [-0.2, 0) is 35.3 Å². The minimum Gasteiger partial charge on any atom is -0.489 e. The molecule has 1 unspecified atom stereocenters. The molecular weight excluding hydrogens is 603 g/mol. The van der Waals surface area contributed by atoms with E-state index in [0.717, 1.165) is 23.4 Å². The van der Waals surface area contributed by atoms with Gasteiger partial charge in [-0.2, -0.15) is 26.3 Å². The molecule has 2 aromatic carbocycles. The monoisotopic (exact) mass is 631 g/mol. The normalized spacial score (nSPS) is 14.2. The van der Waals surface area contributed by atoms with E-state index in [1.54, 1.807) is 13.1 Å². The number of carboxylic acid groups (broad SMARTS) is 2. The summed E-state index contributed by atoms with van der Waals surface area (Å²) in [6.45, 7) is 5.18. The van der Waals surface area contributed by atoms with Crippen LogP contribution in [0.3, 0.4) is 0 Å². The largest absolute Gasteiger partial charge is 0.490 e. The average Bonchev–Trinajstić information content (AvgIpc) is 2.90. The van der Waals surface area contributed by atoms with E-state index in [-0.39, 0.29) is 41.6 Å². The van der Waals surface area contributed by atoms with E-state index in [9.17, 15) is 35.5 Å². The summed E-state index contributed by atoms with van der Waals surface area (Å²) in [5, 5.41) is 16.1. The molecule has 15 heteroatoms. The molecule has 1 aliphatic rings. The van der Waals surface area contributed by atoms with Crippen LogP contribution in [0.15, 0.2) is 42.6 Å². The lowest BCUT2D eigenvalue weighted by atomic mass is 10.0. The molecule has 0 amide bonds. The number of rotatable bonds is 8. The molecule has 238 valence electrons. The molecule has 0 aliphatic carbocycles. The maximum Gasteiger partial charge on any atom is 0.490 e. The smallest absolute Gasteiger partial charge is 0.489 e. The average molecular weight is 632 g/mol. The summed E-state index contributed by atoms with van der Waals surface area (Å²) in [6, 6.07) is 7.86. The standard InChI is InChI=1S/C27H27F4N3O3.C2HF3O2/c1-16-3-6-22(27(29,30)31)18(9-16)15-37-20-4-5-21(23(28)11-20)26-32-12-19-14-34(8-7-24(19)33-26)13-17(2)10-25(35)36;3-2(4,5)1(6)7/h3-6,9,11-12,17H,7-8,10,13-15H2,1-2H3,(H,35,36);(H,6,7). The Morgan fingerprint density at radius 1 is 1.07 bits per heavy atom. The molecule has 2 heterocycles.